The Morgan fingerprint density at radius 2 is 2.00 bits per heavy atom. The number of carboxylic acids is 1. The summed E-state index contributed by atoms with van der Waals surface area (Å²) < 4.78 is 40.5. The van der Waals surface area contributed by atoms with Gasteiger partial charge in [0.15, 0.2) is 10.8 Å². The molecule has 3 heterocycles. The number of halogens is 4. The van der Waals surface area contributed by atoms with Gasteiger partial charge in [-0.3, -0.25) is 4.40 Å². The molecule has 0 fully saturated rings. The van der Waals surface area contributed by atoms with Gasteiger partial charge in [0, 0.05) is 11.9 Å². The van der Waals surface area contributed by atoms with Gasteiger partial charge < -0.3 is 5.11 Å². The highest BCUT2D eigenvalue weighted by Crippen LogP contribution is 2.33. The van der Waals surface area contributed by atoms with Crippen molar-refractivity contribution in [2.24, 2.45) is 0 Å². The number of aromatic nitrogens is 4. The van der Waals surface area contributed by atoms with E-state index in [1.807, 2.05) is 0 Å². The second kappa shape index (κ2) is 6.52. The van der Waals surface area contributed by atoms with E-state index in [0.29, 0.717) is 21.2 Å². The molecule has 0 atom stereocenters. The lowest BCUT2D eigenvalue weighted by atomic mass is 10.2. The Morgan fingerprint density at radius 1 is 1.24 bits per heavy atom. The van der Waals surface area contributed by atoms with Crippen LogP contribution in [0.25, 0.3) is 5.65 Å². The number of pyridine rings is 2. The first-order chi connectivity index (χ1) is 11.8. The van der Waals surface area contributed by atoms with E-state index in [1.54, 1.807) is 12.1 Å². The molecule has 0 bridgehead atoms. The summed E-state index contributed by atoms with van der Waals surface area (Å²) in [6, 6.07) is 4.81. The number of aromatic carboxylic acids is 1. The summed E-state index contributed by atoms with van der Waals surface area (Å²) in [5, 5.41) is 16.7. The Hall–Kier alpha value is -2.33. The zero-order chi connectivity index (χ0) is 18.2. The molecule has 0 amide bonds. The van der Waals surface area contributed by atoms with E-state index >= 15 is 0 Å². The van der Waals surface area contributed by atoms with Gasteiger partial charge in [-0.15, -0.1) is 10.2 Å². The van der Waals surface area contributed by atoms with E-state index in [0.717, 1.165) is 17.8 Å². The van der Waals surface area contributed by atoms with Crippen molar-refractivity contribution in [3.05, 3.63) is 52.4 Å². The molecule has 0 saturated heterocycles. The Morgan fingerprint density at radius 3 is 2.60 bits per heavy atom. The molecular formula is C14H8ClF3N4O2S. The van der Waals surface area contributed by atoms with Gasteiger partial charge in [0.05, 0.1) is 0 Å². The van der Waals surface area contributed by atoms with Crippen molar-refractivity contribution in [3.8, 4) is 0 Å². The summed E-state index contributed by atoms with van der Waals surface area (Å²) in [6.45, 7) is 0. The number of thioether (sulfide) groups is 1. The van der Waals surface area contributed by atoms with Crippen LogP contribution in [0.2, 0.25) is 5.15 Å². The Bertz CT molecular complexity index is 944. The average molecular weight is 389 g/mol. The maximum Gasteiger partial charge on any atom is 0.431 e. The number of carboxylic acid groups (broad SMARTS) is 1. The molecule has 0 saturated carbocycles. The van der Waals surface area contributed by atoms with Crippen LogP contribution in [0.1, 0.15) is 21.6 Å². The van der Waals surface area contributed by atoms with Crippen molar-refractivity contribution < 1.29 is 23.1 Å². The molecule has 1 N–H and O–H groups in total. The zero-order valence-corrected chi connectivity index (χ0v) is 13.7. The summed E-state index contributed by atoms with van der Waals surface area (Å²) >= 11 is 6.66. The van der Waals surface area contributed by atoms with Gasteiger partial charge in [-0.25, -0.2) is 9.78 Å². The van der Waals surface area contributed by atoms with Crippen LogP contribution in [-0.4, -0.2) is 30.7 Å². The maximum atomic E-state index is 13.3. The highest BCUT2D eigenvalue weighted by molar-refractivity contribution is 7.98. The lowest BCUT2D eigenvalue weighted by Crippen LogP contribution is -2.14. The summed E-state index contributed by atoms with van der Waals surface area (Å²) in [4.78, 5) is 15.1. The van der Waals surface area contributed by atoms with Crippen LogP contribution in [0.5, 0.6) is 0 Å². The van der Waals surface area contributed by atoms with E-state index in [2.05, 4.69) is 15.2 Å². The van der Waals surface area contributed by atoms with Gasteiger partial charge in [0.1, 0.15) is 16.4 Å². The van der Waals surface area contributed by atoms with E-state index < -0.39 is 17.8 Å². The van der Waals surface area contributed by atoms with Crippen molar-refractivity contribution in [2.45, 2.75) is 17.1 Å². The van der Waals surface area contributed by atoms with Crippen LogP contribution in [0.3, 0.4) is 0 Å². The fraction of sp³-hybridized carbons (Fsp3) is 0.143. The number of alkyl halides is 3. The molecule has 25 heavy (non-hydrogen) atoms. The molecule has 3 aromatic heterocycles. The standard InChI is InChI=1S/C14H8ClF3N4O2S/c15-10-4-1-7(5-19-10)6-25-13-21-20-11-8(12(23)24)2-3-9(22(11)13)14(16,17)18/h1-5H,6H2,(H,23,24). The van der Waals surface area contributed by atoms with Crippen molar-refractivity contribution in [2.75, 3.05) is 0 Å². The molecule has 130 valence electrons. The molecule has 3 rings (SSSR count). The fourth-order valence-electron chi connectivity index (χ4n) is 2.09. The van der Waals surface area contributed by atoms with Crippen LogP contribution in [0.15, 0.2) is 35.6 Å². The molecule has 3 aromatic rings. The Balaban J connectivity index is 2.04. The topological polar surface area (TPSA) is 80.4 Å². The smallest absolute Gasteiger partial charge is 0.431 e. The number of carbonyl (C=O) groups is 1. The molecule has 6 nitrogen and oxygen atoms in total. The van der Waals surface area contributed by atoms with E-state index in [4.69, 9.17) is 16.7 Å². The molecule has 0 aliphatic carbocycles. The number of hydrogen-bond donors (Lipinski definition) is 1. The highest BCUT2D eigenvalue weighted by Gasteiger charge is 2.35. The van der Waals surface area contributed by atoms with Crippen molar-refractivity contribution in [1.29, 1.82) is 0 Å². The van der Waals surface area contributed by atoms with E-state index in [9.17, 15) is 18.0 Å². The summed E-state index contributed by atoms with van der Waals surface area (Å²) in [5.41, 5.74) is -1.05. The minimum absolute atomic E-state index is 0.0691. The van der Waals surface area contributed by atoms with Crippen molar-refractivity contribution >= 4 is 35.0 Å². The van der Waals surface area contributed by atoms with Crippen LogP contribution in [0, 0.1) is 0 Å². The number of hydrogen-bond acceptors (Lipinski definition) is 5. The Labute approximate surface area is 147 Å². The normalized spacial score (nSPS) is 11.8. The second-order valence-electron chi connectivity index (χ2n) is 4.85. The van der Waals surface area contributed by atoms with E-state index in [1.165, 1.54) is 6.20 Å². The lowest BCUT2D eigenvalue weighted by molar-refractivity contribution is -0.142. The minimum atomic E-state index is -4.69. The van der Waals surface area contributed by atoms with Crippen LogP contribution < -0.4 is 0 Å². The molecule has 0 spiro atoms. The lowest BCUT2D eigenvalue weighted by Gasteiger charge is -2.11. The number of nitrogens with zero attached hydrogens (tertiary/aromatic N) is 4. The third-order valence-electron chi connectivity index (χ3n) is 3.20. The van der Waals surface area contributed by atoms with Gasteiger partial charge in [-0.1, -0.05) is 29.4 Å². The van der Waals surface area contributed by atoms with Crippen molar-refractivity contribution in [3.63, 3.8) is 0 Å². The van der Waals surface area contributed by atoms with Crippen LogP contribution in [-0.2, 0) is 11.9 Å². The van der Waals surface area contributed by atoms with Gasteiger partial charge in [0.25, 0.3) is 0 Å². The van der Waals surface area contributed by atoms with E-state index in [-0.39, 0.29) is 22.1 Å². The third-order valence-corrected chi connectivity index (χ3v) is 4.42. The minimum Gasteiger partial charge on any atom is -0.478 e. The van der Waals surface area contributed by atoms with Crippen LogP contribution >= 0.6 is 23.4 Å². The number of fused-ring (bicyclic) bond motifs is 1. The second-order valence-corrected chi connectivity index (χ2v) is 6.18. The van der Waals surface area contributed by atoms with Gasteiger partial charge in [-0.2, -0.15) is 13.2 Å². The first-order valence-corrected chi connectivity index (χ1v) is 8.05. The number of rotatable bonds is 4. The summed E-state index contributed by atoms with van der Waals surface area (Å²) in [6.07, 6.45) is -3.19. The molecule has 0 aromatic carbocycles. The molecule has 11 heteroatoms. The Kier molecular flexibility index (Phi) is 4.56. The first kappa shape index (κ1) is 17.5. The SMILES string of the molecule is O=C(O)c1ccc(C(F)(F)F)n2c(SCc3ccc(Cl)nc3)nnc12. The third kappa shape index (κ3) is 3.54. The fourth-order valence-corrected chi connectivity index (χ4v) is 3.09. The zero-order valence-electron chi connectivity index (χ0n) is 12.2. The average Bonchev–Trinajstić information content (AvgIpc) is 2.96. The van der Waals surface area contributed by atoms with Crippen molar-refractivity contribution in [1.82, 2.24) is 19.6 Å². The van der Waals surface area contributed by atoms with Gasteiger partial charge in [-0.05, 0) is 23.8 Å². The molecular weight excluding hydrogens is 381 g/mol. The predicted molar refractivity (Wildman–Crippen MR) is 83.8 cm³/mol. The van der Waals surface area contributed by atoms with Gasteiger partial charge in [0.2, 0.25) is 0 Å². The molecule has 0 unspecified atom stereocenters. The molecule has 0 radical (unpaired) electrons. The maximum absolute atomic E-state index is 13.3. The van der Waals surface area contributed by atoms with Gasteiger partial charge >= 0.3 is 12.1 Å². The monoisotopic (exact) mass is 388 g/mol. The molecule has 0 aliphatic heterocycles. The quantitative estimate of drug-likeness (QED) is 0.541. The highest BCUT2D eigenvalue weighted by atomic mass is 35.5. The molecule has 0 aliphatic rings. The van der Waals surface area contributed by atoms with Crippen LogP contribution in [0.4, 0.5) is 13.2 Å². The summed E-state index contributed by atoms with van der Waals surface area (Å²) in [5.74, 6) is -1.12. The first-order valence-electron chi connectivity index (χ1n) is 6.69. The predicted octanol–water partition coefficient (Wildman–Crippen LogP) is 3.79. The largest absolute Gasteiger partial charge is 0.478 e. The summed E-state index contributed by atoms with van der Waals surface area (Å²) in [7, 11) is 0.